The number of aromatic nitrogens is 2. The maximum absolute atomic E-state index is 11.8. The van der Waals surface area contributed by atoms with E-state index in [0.717, 1.165) is 12.1 Å². The normalized spacial score (nSPS) is 10.5. The van der Waals surface area contributed by atoms with E-state index in [-0.39, 0.29) is 5.91 Å². The third kappa shape index (κ3) is 5.66. The molecule has 0 radical (unpaired) electrons. The van der Waals surface area contributed by atoms with Crippen molar-refractivity contribution in [3.63, 3.8) is 0 Å². The minimum Gasteiger partial charge on any atom is -0.302 e. The van der Waals surface area contributed by atoms with Crippen molar-refractivity contribution in [2.24, 2.45) is 5.92 Å². The first kappa shape index (κ1) is 17.4. The Balaban J connectivity index is 1.91. The third-order valence-electron chi connectivity index (χ3n) is 2.90. The molecule has 1 N–H and O–H groups in total. The van der Waals surface area contributed by atoms with E-state index in [2.05, 4.69) is 35.2 Å². The summed E-state index contributed by atoms with van der Waals surface area (Å²) >= 11 is 2.83. The van der Waals surface area contributed by atoms with Gasteiger partial charge in [-0.25, -0.2) is 9.97 Å². The van der Waals surface area contributed by atoms with Crippen LogP contribution in [0, 0.1) is 17.2 Å². The van der Waals surface area contributed by atoms with Crippen LogP contribution in [0.1, 0.15) is 31.5 Å². The number of hydrogen-bond donors (Lipinski definition) is 1. The first-order chi connectivity index (χ1) is 11.1. The molecule has 120 valence electrons. The second-order valence-electron chi connectivity index (χ2n) is 5.35. The van der Waals surface area contributed by atoms with Gasteiger partial charge in [0.25, 0.3) is 0 Å². The van der Waals surface area contributed by atoms with Crippen molar-refractivity contribution in [1.29, 1.82) is 5.26 Å². The van der Waals surface area contributed by atoms with E-state index in [0.29, 0.717) is 33.8 Å². The van der Waals surface area contributed by atoms with Gasteiger partial charge in [-0.3, -0.25) is 4.79 Å². The molecule has 23 heavy (non-hydrogen) atoms. The first-order valence-electron chi connectivity index (χ1n) is 7.30. The van der Waals surface area contributed by atoms with Crippen LogP contribution in [0.2, 0.25) is 0 Å². The number of thioether (sulfide) groups is 1. The third-order valence-corrected chi connectivity index (χ3v) is 4.58. The van der Waals surface area contributed by atoms with Crippen LogP contribution in [0.4, 0.5) is 5.13 Å². The fourth-order valence-electron chi connectivity index (χ4n) is 1.91. The van der Waals surface area contributed by atoms with Crippen molar-refractivity contribution in [2.45, 2.75) is 31.7 Å². The van der Waals surface area contributed by atoms with Gasteiger partial charge in [0.15, 0.2) is 5.13 Å². The molecule has 0 unspecified atom stereocenters. The molecular formula is C16H18N4OS2. The highest BCUT2D eigenvalue weighted by atomic mass is 32.2. The van der Waals surface area contributed by atoms with E-state index in [1.54, 1.807) is 6.20 Å². The predicted octanol–water partition coefficient (Wildman–Crippen LogP) is 3.73. The van der Waals surface area contributed by atoms with Crippen LogP contribution in [-0.4, -0.2) is 21.6 Å². The average molecular weight is 346 g/mol. The summed E-state index contributed by atoms with van der Waals surface area (Å²) in [5, 5.41) is 15.0. The SMILES string of the molecule is CC(C)Cc1ccc(C#N)c(SCCC(=O)Nc2nccs2)n1. The smallest absolute Gasteiger partial charge is 0.226 e. The summed E-state index contributed by atoms with van der Waals surface area (Å²) in [5.41, 5.74) is 1.54. The number of nitriles is 1. The summed E-state index contributed by atoms with van der Waals surface area (Å²) in [6, 6.07) is 5.87. The Hall–Kier alpha value is -1.91. The second-order valence-corrected chi connectivity index (χ2v) is 7.33. The van der Waals surface area contributed by atoms with Crippen molar-refractivity contribution in [3.8, 4) is 6.07 Å². The lowest BCUT2D eigenvalue weighted by atomic mass is 10.1. The monoisotopic (exact) mass is 346 g/mol. The molecular weight excluding hydrogens is 328 g/mol. The number of thiazole rings is 1. The molecule has 5 nitrogen and oxygen atoms in total. The number of anilines is 1. The van der Waals surface area contributed by atoms with E-state index in [4.69, 9.17) is 0 Å². The molecule has 0 saturated carbocycles. The largest absolute Gasteiger partial charge is 0.302 e. The Labute approximate surface area is 144 Å². The van der Waals surface area contributed by atoms with Gasteiger partial charge in [0.2, 0.25) is 5.91 Å². The van der Waals surface area contributed by atoms with Crippen LogP contribution in [0.3, 0.4) is 0 Å². The number of nitrogens with one attached hydrogen (secondary N) is 1. The zero-order chi connectivity index (χ0) is 16.7. The zero-order valence-corrected chi connectivity index (χ0v) is 14.7. The fourth-order valence-corrected chi connectivity index (χ4v) is 3.39. The quantitative estimate of drug-likeness (QED) is 0.773. The summed E-state index contributed by atoms with van der Waals surface area (Å²) in [7, 11) is 0. The molecule has 0 aliphatic heterocycles. The molecule has 7 heteroatoms. The van der Waals surface area contributed by atoms with Crippen molar-refractivity contribution in [2.75, 3.05) is 11.1 Å². The van der Waals surface area contributed by atoms with Gasteiger partial charge in [-0.05, 0) is 24.5 Å². The number of carbonyl (C=O) groups excluding carboxylic acids is 1. The molecule has 2 heterocycles. The van der Waals surface area contributed by atoms with Crippen molar-refractivity contribution in [3.05, 3.63) is 35.0 Å². The lowest BCUT2D eigenvalue weighted by molar-refractivity contribution is -0.115. The van der Waals surface area contributed by atoms with Gasteiger partial charge < -0.3 is 5.32 Å². The van der Waals surface area contributed by atoms with E-state index < -0.39 is 0 Å². The number of hydrogen-bond acceptors (Lipinski definition) is 6. The van der Waals surface area contributed by atoms with Crippen LogP contribution in [0.5, 0.6) is 0 Å². The Bertz CT molecular complexity index is 693. The molecule has 2 rings (SSSR count). The van der Waals surface area contributed by atoms with Gasteiger partial charge in [-0.15, -0.1) is 23.1 Å². The van der Waals surface area contributed by atoms with E-state index in [1.807, 2.05) is 17.5 Å². The summed E-state index contributed by atoms with van der Waals surface area (Å²) in [6.45, 7) is 4.27. The molecule has 0 aliphatic carbocycles. The van der Waals surface area contributed by atoms with Crippen molar-refractivity contribution in [1.82, 2.24) is 9.97 Å². The standard InChI is InChI=1S/C16H18N4OS2/c1-11(2)9-13-4-3-12(10-17)15(19-13)22-7-5-14(21)20-16-18-6-8-23-16/h3-4,6,8,11H,5,7,9H2,1-2H3,(H,18,20,21). The van der Waals surface area contributed by atoms with Crippen LogP contribution >= 0.6 is 23.1 Å². The summed E-state index contributed by atoms with van der Waals surface area (Å²) in [6.07, 6.45) is 2.88. The van der Waals surface area contributed by atoms with Crippen LogP contribution in [0.15, 0.2) is 28.7 Å². The molecule has 1 amide bonds. The Morgan fingerprint density at radius 2 is 2.30 bits per heavy atom. The Morgan fingerprint density at radius 1 is 1.48 bits per heavy atom. The topological polar surface area (TPSA) is 78.7 Å². The lowest BCUT2D eigenvalue weighted by Gasteiger charge is -2.08. The first-order valence-corrected chi connectivity index (χ1v) is 9.17. The number of pyridine rings is 1. The van der Waals surface area contributed by atoms with Gasteiger partial charge in [0.1, 0.15) is 11.1 Å². The minimum absolute atomic E-state index is 0.0794. The summed E-state index contributed by atoms with van der Waals surface area (Å²) in [4.78, 5) is 20.4. The second kappa shape index (κ2) is 8.65. The highest BCUT2D eigenvalue weighted by Crippen LogP contribution is 2.22. The highest BCUT2D eigenvalue weighted by Gasteiger charge is 2.10. The van der Waals surface area contributed by atoms with Crippen LogP contribution in [-0.2, 0) is 11.2 Å². The van der Waals surface area contributed by atoms with Gasteiger partial charge in [0, 0.05) is 29.4 Å². The lowest BCUT2D eigenvalue weighted by Crippen LogP contribution is -2.12. The van der Waals surface area contributed by atoms with E-state index >= 15 is 0 Å². The van der Waals surface area contributed by atoms with Crippen molar-refractivity contribution < 1.29 is 4.79 Å². The Morgan fingerprint density at radius 3 is 2.96 bits per heavy atom. The van der Waals surface area contributed by atoms with Gasteiger partial charge in [0.05, 0.1) is 5.56 Å². The molecule has 0 atom stereocenters. The van der Waals surface area contributed by atoms with Gasteiger partial charge in [-0.1, -0.05) is 13.8 Å². The number of carbonyl (C=O) groups is 1. The van der Waals surface area contributed by atoms with Crippen molar-refractivity contribution >= 4 is 34.1 Å². The summed E-state index contributed by atoms with van der Waals surface area (Å²) < 4.78 is 0. The van der Waals surface area contributed by atoms with Gasteiger partial charge >= 0.3 is 0 Å². The molecule has 0 spiro atoms. The molecule has 0 aliphatic rings. The number of rotatable bonds is 7. The van der Waals surface area contributed by atoms with E-state index in [9.17, 15) is 10.1 Å². The molecule has 0 aromatic carbocycles. The molecule has 0 saturated heterocycles. The molecule has 2 aromatic heterocycles. The van der Waals surface area contributed by atoms with Gasteiger partial charge in [-0.2, -0.15) is 5.26 Å². The highest BCUT2D eigenvalue weighted by molar-refractivity contribution is 7.99. The van der Waals surface area contributed by atoms with Crippen LogP contribution < -0.4 is 5.32 Å². The average Bonchev–Trinajstić information content (AvgIpc) is 3.00. The maximum Gasteiger partial charge on any atom is 0.226 e. The maximum atomic E-state index is 11.8. The minimum atomic E-state index is -0.0794. The molecule has 2 aromatic rings. The number of nitrogens with zero attached hydrogens (tertiary/aromatic N) is 3. The van der Waals surface area contributed by atoms with Crippen LogP contribution in [0.25, 0.3) is 0 Å². The number of amides is 1. The fraction of sp³-hybridized carbons (Fsp3) is 0.375. The zero-order valence-electron chi connectivity index (χ0n) is 13.1. The predicted molar refractivity (Wildman–Crippen MR) is 93.6 cm³/mol. The Kier molecular flexibility index (Phi) is 6.56. The van der Waals surface area contributed by atoms with E-state index in [1.165, 1.54) is 23.1 Å². The molecule has 0 fully saturated rings. The molecule has 0 bridgehead atoms. The summed E-state index contributed by atoms with van der Waals surface area (Å²) in [5.74, 6) is 1.01.